The zero-order chi connectivity index (χ0) is 16.4. The van der Waals surface area contributed by atoms with E-state index < -0.39 is 4.92 Å². The molecular weight excluding hydrogens is 322 g/mol. The number of nitrogens with one attached hydrogen (secondary N) is 1. The Labute approximate surface area is 135 Å². The van der Waals surface area contributed by atoms with E-state index in [1.807, 2.05) is 6.07 Å². The van der Waals surface area contributed by atoms with Gasteiger partial charge in [-0.2, -0.15) is 15.2 Å². The van der Waals surface area contributed by atoms with Crippen molar-refractivity contribution in [1.82, 2.24) is 9.97 Å². The van der Waals surface area contributed by atoms with Gasteiger partial charge in [-0.1, -0.05) is 11.6 Å². The predicted molar refractivity (Wildman–Crippen MR) is 81.6 cm³/mol. The summed E-state index contributed by atoms with van der Waals surface area (Å²) in [5, 5.41) is 23.0. The van der Waals surface area contributed by atoms with Gasteiger partial charge in [0.15, 0.2) is 0 Å². The molecule has 0 atom stereocenters. The van der Waals surface area contributed by atoms with Gasteiger partial charge in [0.25, 0.3) is 0 Å². The van der Waals surface area contributed by atoms with Crippen LogP contribution < -0.4 is 10.1 Å². The summed E-state index contributed by atoms with van der Waals surface area (Å²) >= 11 is 6.02. The van der Waals surface area contributed by atoms with Crippen LogP contribution >= 0.6 is 11.6 Å². The van der Waals surface area contributed by atoms with E-state index in [1.165, 1.54) is 18.2 Å². The smallest absolute Gasteiger partial charge is 0.329 e. The number of hydrogen-bond acceptors (Lipinski definition) is 7. The molecule has 23 heavy (non-hydrogen) atoms. The van der Waals surface area contributed by atoms with E-state index in [0.717, 1.165) is 19.0 Å². The normalized spacial score (nSPS) is 13.2. The highest BCUT2D eigenvalue weighted by Crippen LogP contribution is 2.32. The Hall–Kier alpha value is -2.92. The third-order valence-corrected chi connectivity index (χ3v) is 3.42. The fourth-order valence-corrected chi connectivity index (χ4v) is 2.04. The van der Waals surface area contributed by atoms with Crippen molar-refractivity contribution >= 4 is 23.1 Å². The molecule has 0 unspecified atom stereocenters. The maximum absolute atomic E-state index is 11.0. The Kier molecular flexibility index (Phi) is 3.95. The summed E-state index contributed by atoms with van der Waals surface area (Å²) in [7, 11) is 0. The summed E-state index contributed by atoms with van der Waals surface area (Å²) in [6.45, 7) is 0. The lowest BCUT2D eigenvalue weighted by Crippen LogP contribution is -2.08. The zero-order valence-corrected chi connectivity index (χ0v) is 12.4. The molecule has 0 saturated heterocycles. The predicted octanol–water partition coefficient (Wildman–Crippen LogP) is 3.28. The van der Waals surface area contributed by atoms with Gasteiger partial charge in [0, 0.05) is 6.04 Å². The molecule has 3 rings (SSSR count). The molecule has 0 amide bonds. The van der Waals surface area contributed by atoms with Crippen LogP contribution in [0.5, 0.6) is 11.8 Å². The van der Waals surface area contributed by atoms with Crippen molar-refractivity contribution in [2.45, 2.75) is 18.9 Å². The Balaban J connectivity index is 1.88. The van der Waals surface area contributed by atoms with Gasteiger partial charge >= 0.3 is 11.7 Å². The fourth-order valence-electron chi connectivity index (χ4n) is 1.82. The van der Waals surface area contributed by atoms with E-state index >= 15 is 0 Å². The lowest BCUT2D eigenvalue weighted by atomic mass is 10.2. The minimum atomic E-state index is -0.552. The maximum Gasteiger partial charge on any atom is 0.329 e. The van der Waals surface area contributed by atoms with Crippen LogP contribution in [0.1, 0.15) is 18.4 Å². The highest BCUT2D eigenvalue weighted by Gasteiger charge is 2.27. The first-order valence-corrected chi connectivity index (χ1v) is 7.10. The van der Waals surface area contributed by atoms with Crippen molar-refractivity contribution in [3.63, 3.8) is 0 Å². The molecule has 1 saturated carbocycles. The average molecular weight is 332 g/mol. The number of nitrogens with zero attached hydrogens (tertiary/aromatic N) is 4. The Morgan fingerprint density at radius 2 is 2.26 bits per heavy atom. The van der Waals surface area contributed by atoms with Gasteiger partial charge in [-0.05, 0) is 31.0 Å². The van der Waals surface area contributed by atoms with Crippen LogP contribution in [-0.4, -0.2) is 20.9 Å². The van der Waals surface area contributed by atoms with Crippen LogP contribution in [0.3, 0.4) is 0 Å². The van der Waals surface area contributed by atoms with E-state index in [2.05, 4.69) is 15.3 Å². The minimum Gasteiger partial charge on any atom is -0.423 e. The van der Waals surface area contributed by atoms with Gasteiger partial charge in [-0.15, -0.1) is 0 Å². The molecule has 1 heterocycles. The van der Waals surface area contributed by atoms with Gasteiger partial charge in [0.05, 0.1) is 21.6 Å². The lowest BCUT2D eigenvalue weighted by Gasteiger charge is -2.08. The van der Waals surface area contributed by atoms with Crippen LogP contribution in [0.4, 0.5) is 11.5 Å². The molecule has 1 aliphatic carbocycles. The summed E-state index contributed by atoms with van der Waals surface area (Å²) in [4.78, 5) is 18.3. The summed E-state index contributed by atoms with van der Waals surface area (Å²) in [6.07, 6.45) is 2.97. The Morgan fingerprint density at radius 1 is 1.48 bits per heavy atom. The monoisotopic (exact) mass is 331 g/mol. The number of benzene rings is 1. The van der Waals surface area contributed by atoms with Crippen molar-refractivity contribution in [3.8, 4) is 17.8 Å². The van der Waals surface area contributed by atoms with E-state index in [0.29, 0.717) is 5.56 Å². The summed E-state index contributed by atoms with van der Waals surface area (Å²) in [5.74, 6) is 0.379. The molecule has 0 aliphatic heterocycles. The molecule has 1 aliphatic rings. The highest BCUT2D eigenvalue weighted by atomic mass is 35.5. The number of nitro groups is 1. The first-order valence-electron chi connectivity index (χ1n) is 6.72. The van der Waals surface area contributed by atoms with Gasteiger partial charge in [0.1, 0.15) is 11.9 Å². The molecule has 1 N–H and O–H groups in total. The van der Waals surface area contributed by atoms with Gasteiger partial charge in [-0.3, -0.25) is 10.1 Å². The molecule has 9 heteroatoms. The number of ether oxygens (including phenoxy) is 1. The third-order valence-electron chi connectivity index (χ3n) is 3.12. The van der Waals surface area contributed by atoms with Crippen LogP contribution in [0.15, 0.2) is 24.4 Å². The summed E-state index contributed by atoms with van der Waals surface area (Å²) in [5.41, 5.74) is 0.179. The van der Waals surface area contributed by atoms with E-state index in [1.54, 1.807) is 0 Å². The van der Waals surface area contributed by atoms with Crippen molar-refractivity contribution in [2.24, 2.45) is 0 Å². The topological polar surface area (TPSA) is 114 Å². The number of rotatable bonds is 5. The average Bonchev–Trinajstić information content (AvgIpc) is 3.33. The number of aromatic nitrogens is 2. The molecule has 1 aromatic heterocycles. The second-order valence-corrected chi connectivity index (χ2v) is 5.33. The van der Waals surface area contributed by atoms with Crippen LogP contribution in [0.2, 0.25) is 5.02 Å². The van der Waals surface area contributed by atoms with Gasteiger partial charge in [0.2, 0.25) is 5.82 Å². The molecule has 0 bridgehead atoms. The molecule has 0 radical (unpaired) electrons. The second-order valence-electron chi connectivity index (χ2n) is 4.92. The van der Waals surface area contributed by atoms with E-state index in [-0.39, 0.29) is 34.3 Å². The molecule has 116 valence electrons. The third kappa shape index (κ3) is 3.46. The Morgan fingerprint density at radius 3 is 2.87 bits per heavy atom. The summed E-state index contributed by atoms with van der Waals surface area (Å²) < 4.78 is 5.46. The molecule has 1 aromatic carbocycles. The van der Waals surface area contributed by atoms with Crippen molar-refractivity contribution < 1.29 is 9.66 Å². The first-order chi connectivity index (χ1) is 11.1. The standard InChI is InChI=1S/C14H10ClN5O3/c15-10-5-8(6-16)1-4-12(10)23-14-17-7-11(20(21)22)13(19-14)18-9-2-3-9/h1,4-5,7,9H,2-3H2,(H,17,18,19). The number of hydrogen-bond donors (Lipinski definition) is 1. The zero-order valence-electron chi connectivity index (χ0n) is 11.7. The molecular formula is C14H10ClN5O3. The number of halogens is 1. The van der Waals surface area contributed by atoms with Crippen molar-refractivity contribution in [3.05, 3.63) is 45.1 Å². The van der Waals surface area contributed by atoms with Crippen LogP contribution in [0, 0.1) is 21.4 Å². The molecule has 2 aromatic rings. The van der Waals surface area contributed by atoms with E-state index in [9.17, 15) is 10.1 Å². The fraction of sp³-hybridized carbons (Fsp3) is 0.214. The van der Waals surface area contributed by atoms with Crippen LogP contribution in [-0.2, 0) is 0 Å². The molecule has 0 spiro atoms. The largest absolute Gasteiger partial charge is 0.423 e. The minimum absolute atomic E-state index is 0.0645. The van der Waals surface area contributed by atoms with E-state index in [4.69, 9.17) is 21.6 Å². The number of anilines is 1. The highest BCUT2D eigenvalue weighted by molar-refractivity contribution is 6.32. The van der Waals surface area contributed by atoms with Gasteiger partial charge in [-0.25, -0.2) is 0 Å². The first kappa shape index (κ1) is 15.0. The maximum atomic E-state index is 11.0. The van der Waals surface area contributed by atoms with Gasteiger partial charge < -0.3 is 10.1 Å². The SMILES string of the molecule is N#Cc1ccc(Oc2ncc([N+](=O)[O-])c(NC3CC3)n2)c(Cl)c1. The van der Waals surface area contributed by atoms with Crippen molar-refractivity contribution in [1.29, 1.82) is 5.26 Å². The lowest BCUT2D eigenvalue weighted by molar-refractivity contribution is -0.384. The quantitative estimate of drug-likeness (QED) is 0.660. The Bertz CT molecular complexity index is 817. The van der Waals surface area contributed by atoms with Crippen molar-refractivity contribution in [2.75, 3.05) is 5.32 Å². The summed E-state index contributed by atoms with van der Waals surface area (Å²) in [6, 6.07) is 6.59. The van der Waals surface area contributed by atoms with Crippen LogP contribution in [0.25, 0.3) is 0 Å². The molecule has 8 nitrogen and oxygen atoms in total. The number of nitriles is 1. The second kappa shape index (κ2) is 6.06. The molecule has 1 fully saturated rings.